The first-order valence-electron chi connectivity index (χ1n) is 6.15. The molecule has 0 radical (unpaired) electrons. The maximum atomic E-state index is 5.95. The van der Waals surface area contributed by atoms with Crippen LogP contribution in [0.15, 0.2) is 29.6 Å². The van der Waals surface area contributed by atoms with Crippen molar-refractivity contribution in [2.45, 2.75) is 38.0 Å². The quantitative estimate of drug-likeness (QED) is 0.903. The largest absolute Gasteiger partial charge is 0.373 e. The van der Waals surface area contributed by atoms with Gasteiger partial charge in [-0.3, -0.25) is 0 Å². The second-order valence-electron chi connectivity index (χ2n) is 4.76. The van der Waals surface area contributed by atoms with Crippen molar-refractivity contribution in [3.05, 3.63) is 35.2 Å². The molecule has 2 unspecified atom stereocenters. The minimum Gasteiger partial charge on any atom is -0.373 e. The molecule has 0 saturated heterocycles. The fourth-order valence-electron chi connectivity index (χ4n) is 2.48. The Labute approximate surface area is 105 Å². The van der Waals surface area contributed by atoms with Crippen molar-refractivity contribution in [3.63, 3.8) is 0 Å². The Balaban J connectivity index is 1.69. The van der Waals surface area contributed by atoms with Crippen LogP contribution < -0.4 is 5.73 Å². The molecule has 1 aliphatic carbocycles. The van der Waals surface area contributed by atoms with E-state index in [-0.39, 0.29) is 0 Å². The summed E-state index contributed by atoms with van der Waals surface area (Å²) in [7, 11) is 0. The molecule has 17 heavy (non-hydrogen) atoms. The van der Waals surface area contributed by atoms with E-state index in [4.69, 9.17) is 10.5 Å². The Morgan fingerprint density at radius 1 is 1.29 bits per heavy atom. The molecule has 1 aromatic heterocycles. The van der Waals surface area contributed by atoms with Crippen molar-refractivity contribution >= 4 is 21.4 Å². The van der Waals surface area contributed by atoms with Gasteiger partial charge in [-0.15, -0.1) is 11.3 Å². The first kappa shape index (κ1) is 11.2. The number of fused-ring (bicyclic) bond motifs is 1. The van der Waals surface area contributed by atoms with E-state index in [1.165, 1.54) is 15.6 Å². The van der Waals surface area contributed by atoms with E-state index in [0.717, 1.165) is 25.9 Å². The lowest BCUT2D eigenvalue weighted by Crippen LogP contribution is -2.17. The molecule has 2 N–H and O–H groups in total. The van der Waals surface area contributed by atoms with Gasteiger partial charge in [-0.2, -0.15) is 0 Å². The Morgan fingerprint density at radius 2 is 2.18 bits per heavy atom. The molecule has 2 nitrogen and oxygen atoms in total. The minimum atomic E-state index is 0.346. The lowest BCUT2D eigenvalue weighted by Gasteiger charge is -2.10. The summed E-state index contributed by atoms with van der Waals surface area (Å²) in [5, 5.41) is 3.54. The van der Waals surface area contributed by atoms with Crippen molar-refractivity contribution in [3.8, 4) is 0 Å². The van der Waals surface area contributed by atoms with Crippen LogP contribution in [0.3, 0.4) is 0 Å². The standard InChI is InChI=1S/C14H17NOS/c15-11-5-6-12(7-11)16-8-10-9-17-14-4-2-1-3-13(10)14/h1-4,9,11-12H,5-8,15H2. The lowest BCUT2D eigenvalue weighted by atomic mass is 10.2. The molecule has 1 aliphatic rings. The molecular formula is C14H17NOS. The van der Waals surface area contributed by atoms with Gasteiger partial charge in [-0.1, -0.05) is 18.2 Å². The van der Waals surface area contributed by atoms with Gasteiger partial charge >= 0.3 is 0 Å². The average molecular weight is 247 g/mol. The molecule has 0 aliphatic heterocycles. The van der Waals surface area contributed by atoms with Crippen LogP contribution in [-0.4, -0.2) is 12.1 Å². The predicted octanol–water partition coefficient (Wildman–Crippen LogP) is 3.30. The summed E-state index contributed by atoms with van der Waals surface area (Å²) in [6.45, 7) is 0.724. The van der Waals surface area contributed by atoms with Gasteiger partial charge in [-0.05, 0) is 41.7 Å². The van der Waals surface area contributed by atoms with Gasteiger partial charge in [0.1, 0.15) is 0 Å². The van der Waals surface area contributed by atoms with Gasteiger partial charge in [0.15, 0.2) is 0 Å². The van der Waals surface area contributed by atoms with Gasteiger partial charge in [0.25, 0.3) is 0 Å². The summed E-state index contributed by atoms with van der Waals surface area (Å²) in [5.41, 5.74) is 7.20. The molecule has 1 aromatic carbocycles. The number of hydrogen-bond donors (Lipinski definition) is 1. The van der Waals surface area contributed by atoms with Crippen molar-refractivity contribution in [2.75, 3.05) is 0 Å². The van der Waals surface area contributed by atoms with Crippen molar-refractivity contribution < 1.29 is 4.74 Å². The molecule has 0 spiro atoms. The topological polar surface area (TPSA) is 35.2 Å². The highest BCUT2D eigenvalue weighted by molar-refractivity contribution is 7.17. The summed E-state index contributed by atoms with van der Waals surface area (Å²) in [5.74, 6) is 0. The zero-order chi connectivity index (χ0) is 11.7. The van der Waals surface area contributed by atoms with Crippen LogP contribution in [0.1, 0.15) is 24.8 Å². The normalized spacial score (nSPS) is 24.5. The minimum absolute atomic E-state index is 0.346. The maximum Gasteiger partial charge on any atom is 0.0734 e. The van der Waals surface area contributed by atoms with Crippen LogP contribution in [0.5, 0.6) is 0 Å². The van der Waals surface area contributed by atoms with E-state index in [0.29, 0.717) is 12.1 Å². The molecular weight excluding hydrogens is 230 g/mol. The van der Waals surface area contributed by atoms with Gasteiger partial charge < -0.3 is 10.5 Å². The summed E-state index contributed by atoms with van der Waals surface area (Å²) in [6.07, 6.45) is 3.60. The number of rotatable bonds is 3. The number of hydrogen-bond acceptors (Lipinski definition) is 3. The van der Waals surface area contributed by atoms with E-state index < -0.39 is 0 Å². The zero-order valence-electron chi connectivity index (χ0n) is 9.76. The van der Waals surface area contributed by atoms with Crippen molar-refractivity contribution in [1.29, 1.82) is 0 Å². The highest BCUT2D eigenvalue weighted by Crippen LogP contribution is 2.28. The third-order valence-corrected chi connectivity index (χ3v) is 4.47. The van der Waals surface area contributed by atoms with Crippen LogP contribution in [0.2, 0.25) is 0 Å². The molecule has 0 bridgehead atoms. The summed E-state index contributed by atoms with van der Waals surface area (Å²) >= 11 is 1.79. The Morgan fingerprint density at radius 3 is 3.00 bits per heavy atom. The third kappa shape index (κ3) is 2.37. The van der Waals surface area contributed by atoms with Crippen LogP contribution in [-0.2, 0) is 11.3 Å². The zero-order valence-corrected chi connectivity index (χ0v) is 10.6. The van der Waals surface area contributed by atoms with Crippen LogP contribution >= 0.6 is 11.3 Å². The van der Waals surface area contributed by atoms with E-state index in [1.807, 2.05) is 0 Å². The first-order valence-corrected chi connectivity index (χ1v) is 7.03. The van der Waals surface area contributed by atoms with Crippen LogP contribution in [0.25, 0.3) is 10.1 Å². The summed E-state index contributed by atoms with van der Waals surface area (Å²) < 4.78 is 7.29. The highest BCUT2D eigenvalue weighted by atomic mass is 32.1. The van der Waals surface area contributed by atoms with E-state index in [2.05, 4.69) is 29.6 Å². The smallest absolute Gasteiger partial charge is 0.0734 e. The van der Waals surface area contributed by atoms with Gasteiger partial charge in [0, 0.05) is 10.7 Å². The fraction of sp³-hybridized carbons (Fsp3) is 0.429. The van der Waals surface area contributed by atoms with E-state index in [9.17, 15) is 0 Å². The van der Waals surface area contributed by atoms with Crippen molar-refractivity contribution in [2.24, 2.45) is 5.73 Å². The van der Waals surface area contributed by atoms with Crippen LogP contribution in [0.4, 0.5) is 0 Å². The highest BCUT2D eigenvalue weighted by Gasteiger charge is 2.22. The molecule has 1 heterocycles. The van der Waals surface area contributed by atoms with Gasteiger partial charge in [0.05, 0.1) is 12.7 Å². The number of thiophene rings is 1. The molecule has 90 valence electrons. The molecule has 2 aromatic rings. The second kappa shape index (κ2) is 4.77. The van der Waals surface area contributed by atoms with Crippen LogP contribution in [0, 0.1) is 0 Å². The van der Waals surface area contributed by atoms with Gasteiger partial charge in [0.2, 0.25) is 0 Å². The second-order valence-corrected chi connectivity index (χ2v) is 5.67. The monoisotopic (exact) mass is 247 g/mol. The Bertz CT molecular complexity index is 508. The average Bonchev–Trinajstić information content (AvgIpc) is 2.93. The van der Waals surface area contributed by atoms with Crippen molar-refractivity contribution in [1.82, 2.24) is 0 Å². The molecule has 3 rings (SSSR count). The lowest BCUT2D eigenvalue weighted by molar-refractivity contribution is 0.0456. The Kier molecular flexibility index (Phi) is 3.14. The number of ether oxygens (including phenoxy) is 1. The molecule has 1 saturated carbocycles. The van der Waals surface area contributed by atoms with Gasteiger partial charge in [-0.25, -0.2) is 0 Å². The number of nitrogens with two attached hydrogens (primary N) is 1. The maximum absolute atomic E-state index is 5.95. The molecule has 0 amide bonds. The third-order valence-electron chi connectivity index (χ3n) is 3.46. The molecule has 3 heteroatoms. The predicted molar refractivity (Wildman–Crippen MR) is 72.2 cm³/mol. The fourth-order valence-corrected chi connectivity index (χ4v) is 3.42. The first-order chi connectivity index (χ1) is 8.33. The Hall–Kier alpha value is -0.900. The summed E-state index contributed by atoms with van der Waals surface area (Å²) in [4.78, 5) is 0. The summed E-state index contributed by atoms with van der Waals surface area (Å²) in [6, 6.07) is 8.85. The SMILES string of the molecule is NC1CCC(OCc2csc3ccccc23)C1. The van der Waals surface area contributed by atoms with E-state index >= 15 is 0 Å². The molecule has 1 fully saturated rings. The number of benzene rings is 1. The molecule has 2 atom stereocenters. The van der Waals surface area contributed by atoms with E-state index in [1.54, 1.807) is 11.3 Å².